The van der Waals surface area contributed by atoms with Gasteiger partial charge in [-0.15, -0.1) is 0 Å². The number of rotatable bonds is 8. The molecule has 0 spiro atoms. The van der Waals surface area contributed by atoms with Crippen molar-refractivity contribution in [2.45, 2.75) is 37.9 Å². The Labute approximate surface area is 145 Å². The average Bonchev–Trinajstić information content (AvgIpc) is 2.82. The molecule has 6 nitrogen and oxygen atoms in total. The summed E-state index contributed by atoms with van der Waals surface area (Å²) >= 11 is 0. The van der Waals surface area contributed by atoms with E-state index in [1.807, 2.05) is 6.07 Å². The Morgan fingerprint density at radius 1 is 0.917 bits per heavy atom. The summed E-state index contributed by atoms with van der Waals surface area (Å²) in [5, 5.41) is 0. The van der Waals surface area contributed by atoms with E-state index in [4.69, 9.17) is 0 Å². The van der Waals surface area contributed by atoms with Gasteiger partial charge in [0.25, 0.3) is 10.2 Å². The predicted octanol–water partition coefficient (Wildman–Crippen LogP) is 1.70. The summed E-state index contributed by atoms with van der Waals surface area (Å²) in [6, 6.07) is 9.01. The van der Waals surface area contributed by atoms with Crippen molar-refractivity contribution in [1.82, 2.24) is 9.03 Å². The zero-order chi connectivity index (χ0) is 17.5. The van der Waals surface area contributed by atoms with Crippen LogP contribution in [-0.4, -0.2) is 46.5 Å². The SMILES string of the molecule is O=S(=O)(CCCNS(=O)(=O)N1CCCCCC1)Cc1ccccc1. The van der Waals surface area contributed by atoms with Crippen molar-refractivity contribution in [2.24, 2.45) is 0 Å². The van der Waals surface area contributed by atoms with Crippen molar-refractivity contribution in [3.05, 3.63) is 35.9 Å². The van der Waals surface area contributed by atoms with Gasteiger partial charge in [-0.05, 0) is 24.8 Å². The minimum absolute atomic E-state index is 0.00723. The van der Waals surface area contributed by atoms with Gasteiger partial charge in [-0.3, -0.25) is 0 Å². The first kappa shape index (κ1) is 19.4. The van der Waals surface area contributed by atoms with E-state index in [0.717, 1.165) is 31.2 Å². The van der Waals surface area contributed by atoms with Gasteiger partial charge in [0.05, 0.1) is 11.5 Å². The van der Waals surface area contributed by atoms with Crippen molar-refractivity contribution >= 4 is 20.0 Å². The van der Waals surface area contributed by atoms with Crippen molar-refractivity contribution < 1.29 is 16.8 Å². The van der Waals surface area contributed by atoms with Crippen molar-refractivity contribution in [1.29, 1.82) is 0 Å². The van der Waals surface area contributed by atoms with Gasteiger partial charge in [0.15, 0.2) is 9.84 Å². The zero-order valence-corrected chi connectivity index (χ0v) is 15.5. The maximum absolute atomic E-state index is 12.2. The molecule has 0 unspecified atom stereocenters. The molecule has 0 saturated carbocycles. The Kier molecular flexibility index (Phi) is 7.21. The lowest BCUT2D eigenvalue weighted by Gasteiger charge is -2.20. The fourth-order valence-electron chi connectivity index (χ4n) is 2.77. The molecule has 1 N–H and O–H groups in total. The predicted molar refractivity (Wildman–Crippen MR) is 95.5 cm³/mol. The van der Waals surface area contributed by atoms with Crippen LogP contribution in [0, 0.1) is 0 Å². The van der Waals surface area contributed by atoms with Gasteiger partial charge in [-0.25, -0.2) is 13.1 Å². The van der Waals surface area contributed by atoms with E-state index in [9.17, 15) is 16.8 Å². The molecule has 136 valence electrons. The highest BCUT2D eigenvalue weighted by molar-refractivity contribution is 7.90. The second-order valence-corrected chi connectivity index (χ2v) is 10.1. The van der Waals surface area contributed by atoms with E-state index in [1.165, 1.54) is 4.31 Å². The average molecular weight is 375 g/mol. The standard InChI is InChI=1S/C16H26N2O4S2/c19-23(20,15-16-9-4-3-5-10-16)14-8-11-17-24(21,22)18-12-6-1-2-7-13-18/h3-5,9-10,17H,1-2,6-8,11-15H2. The Morgan fingerprint density at radius 3 is 2.17 bits per heavy atom. The summed E-state index contributed by atoms with van der Waals surface area (Å²) in [5.74, 6) is -0.0306. The lowest BCUT2D eigenvalue weighted by molar-refractivity contribution is 0.415. The van der Waals surface area contributed by atoms with E-state index in [-0.39, 0.29) is 24.5 Å². The Balaban J connectivity index is 1.77. The molecular weight excluding hydrogens is 348 g/mol. The Bertz CT molecular complexity index is 695. The molecule has 1 aromatic rings. The molecule has 0 radical (unpaired) electrons. The van der Waals surface area contributed by atoms with Gasteiger partial charge in [0, 0.05) is 19.6 Å². The summed E-state index contributed by atoms with van der Waals surface area (Å²) in [6.45, 7) is 1.23. The normalized spacial score (nSPS) is 17.5. The molecular formula is C16H26N2O4S2. The minimum Gasteiger partial charge on any atom is -0.228 e. The smallest absolute Gasteiger partial charge is 0.228 e. The van der Waals surface area contributed by atoms with Crippen molar-refractivity contribution in [3.8, 4) is 0 Å². The first-order valence-electron chi connectivity index (χ1n) is 8.38. The molecule has 2 rings (SSSR count). The lowest BCUT2D eigenvalue weighted by atomic mass is 10.2. The summed E-state index contributed by atoms with van der Waals surface area (Å²) in [6.07, 6.45) is 4.16. The molecule has 1 fully saturated rings. The second-order valence-electron chi connectivity index (χ2n) is 6.14. The number of benzene rings is 1. The summed E-state index contributed by atoms with van der Waals surface area (Å²) in [4.78, 5) is 0. The minimum atomic E-state index is -3.49. The second kappa shape index (κ2) is 8.94. The van der Waals surface area contributed by atoms with Crippen LogP contribution in [0.3, 0.4) is 0 Å². The van der Waals surface area contributed by atoms with Crippen LogP contribution in [0.15, 0.2) is 30.3 Å². The third-order valence-electron chi connectivity index (χ3n) is 4.05. The molecule has 0 aliphatic carbocycles. The lowest BCUT2D eigenvalue weighted by Crippen LogP contribution is -2.41. The van der Waals surface area contributed by atoms with E-state index in [2.05, 4.69) is 4.72 Å². The number of nitrogens with zero attached hydrogens (tertiary/aromatic N) is 1. The molecule has 0 amide bonds. The van der Waals surface area contributed by atoms with Crippen molar-refractivity contribution in [3.63, 3.8) is 0 Å². The third kappa shape index (κ3) is 6.51. The molecule has 0 aromatic heterocycles. The van der Waals surface area contributed by atoms with Gasteiger partial charge in [-0.2, -0.15) is 12.7 Å². The van der Waals surface area contributed by atoms with E-state index >= 15 is 0 Å². The van der Waals surface area contributed by atoms with Crippen molar-refractivity contribution in [2.75, 3.05) is 25.4 Å². The van der Waals surface area contributed by atoms with Gasteiger partial charge in [-0.1, -0.05) is 43.2 Å². The van der Waals surface area contributed by atoms with Crippen LogP contribution < -0.4 is 4.72 Å². The highest BCUT2D eigenvalue weighted by Crippen LogP contribution is 2.12. The number of sulfone groups is 1. The van der Waals surface area contributed by atoms with E-state index in [0.29, 0.717) is 13.1 Å². The van der Waals surface area contributed by atoms with Crippen LogP contribution in [0.25, 0.3) is 0 Å². The highest BCUT2D eigenvalue weighted by Gasteiger charge is 2.22. The monoisotopic (exact) mass is 374 g/mol. The topological polar surface area (TPSA) is 83.5 Å². The molecule has 24 heavy (non-hydrogen) atoms. The van der Waals surface area contributed by atoms with Crippen LogP contribution >= 0.6 is 0 Å². The number of hydrogen-bond acceptors (Lipinski definition) is 4. The van der Waals surface area contributed by atoms with Crippen LogP contribution in [0.4, 0.5) is 0 Å². The largest absolute Gasteiger partial charge is 0.279 e. The summed E-state index contributed by atoms with van der Waals surface area (Å²) < 4.78 is 52.6. The summed E-state index contributed by atoms with van der Waals surface area (Å²) in [5.41, 5.74) is 0.752. The van der Waals surface area contributed by atoms with Gasteiger partial charge in [0.2, 0.25) is 0 Å². The molecule has 1 aliphatic rings. The van der Waals surface area contributed by atoms with E-state index in [1.54, 1.807) is 24.3 Å². The maximum atomic E-state index is 12.2. The Morgan fingerprint density at radius 2 is 1.54 bits per heavy atom. The molecule has 0 atom stereocenters. The third-order valence-corrected chi connectivity index (χ3v) is 7.35. The van der Waals surface area contributed by atoms with Gasteiger partial charge >= 0.3 is 0 Å². The molecule has 8 heteroatoms. The van der Waals surface area contributed by atoms with Crippen LogP contribution in [0.5, 0.6) is 0 Å². The van der Waals surface area contributed by atoms with Crippen LogP contribution in [0.1, 0.15) is 37.7 Å². The van der Waals surface area contributed by atoms with Gasteiger partial charge in [0.1, 0.15) is 0 Å². The fraction of sp³-hybridized carbons (Fsp3) is 0.625. The van der Waals surface area contributed by atoms with Crippen LogP contribution in [-0.2, 0) is 25.8 Å². The molecule has 1 aliphatic heterocycles. The fourth-order valence-corrected chi connectivity index (χ4v) is 5.52. The molecule has 1 aromatic carbocycles. The molecule has 1 saturated heterocycles. The number of hydrogen-bond donors (Lipinski definition) is 1. The van der Waals surface area contributed by atoms with E-state index < -0.39 is 20.0 Å². The molecule has 0 bridgehead atoms. The quantitative estimate of drug-likeness (QED) is 0.702. The molecule has 1 heterocycles. The first-order chi connectivity index (χ1) is 11.4. The van der Waals surface area contributed by atoms with Crippen LogP contribution in [0.2, 0.25) is 0 Å². The number of nitrogens with one attached hydrogen (secondary N) is 1. The Hall–Kier alpha value is -0.960. The maximum Gasteiger partial charge on any atom is 0.279 e. The van der Waals surface area contributed by atoms with Gasteiger partial charge < -0.3 is 0 Å². The highest BCUT2D eigenvalue weighted by atomic mass is 32.2. The first-order valence-corrected chi connectivity index (χ1v) is 11.6. The zero-order valence-electron chi connectivity index (χ0n) is 13.9. The summed E-state index contributed by atoms with van der Waals surface area (Å²) in [7, 11) is -6.73.